The molecule has 0 unspecified atom stereocenters. The smallest absolute Gasteiger partial charge is 0.202 e. The molecular weight excluding hydrogens is 244 g/mol. The Morgan fingerprint density at radius 2 is 1.75 bits per heavy atom. The molecule has 0 heterocycles. The molecule has 0 aliphatic carbocycles. The van der Waals surface area contributed by atoms with Crippen LogP contribution in [0.3, 0.4) is 0 Å². The molecule has 3 nitrogen and oxygen atoms in total. The van der Waals surface area contributed by atoms with Gasteiger partial charge in [0.15, 0.2) is 0 Å². The number of halogens is 1. The SMILES string of the molecule is O=S(=O)(CO)c1ccc(Br)cc1. The average Bonchev–Trinajstić information content (AvgIpc) is 2.05. The second kappa shape index (κ2) is 3.55. The minimum absolute atomic E-state index is 0.133. The number of aliphatic hydroxyl groups excluding tert-OH is 1. The third-order valence-corrected chi connectivity index (χ3v) is 3.20. The van der Waals surface area contributed by atoms with E-state index >= 15 is 0 Å². The Balaban J connectivity index is 3.14. The van der Waals surface area contributed by atoms with E-state index < -0.39 is 15.8 Å². The monoisotopic (exact) mass is 250 g/mol. The Bertz CT molecular complexity index is 355. The van der Waals surface area contributed by atoms with Gasteiger partial charge in [-0.25, -0.2) is 8.42 Å². The highest BCUT2D eigenvalue weighted by molar-refractivity contribution is 9.10. The Morgan fingerprint density at radius 3 is 2.17 bits per heavy atom. The van der Waals surface area contributed by atoms with Gasteiger partial charge < -0.3 is 5.11 Å². The molecule has 0 aliphatic rings. The van der Waals surface area contributed by atoms with Gasteiger partial charge in [-0.05, 0) is 24.3 Å². The van der Waals surface area contributed by atoms with E-state index in [-0.39, 0.29) is 4.90 Å². The molecule has 1 aromatic carbocycles. The zero-order valence-electron chi connectivity index (χ0n) is 6.07. The number of hydrogen-bond donors (Lipinski definition) is 1. The van der Waals surface area contributed by atoms with Crippen LogP contribution >= 0.6 is 15.9 Å². The number of hydrogen-bond acceptors (Lipinski definition) is 3. The van der Waals surface area contributed by atoms with E-state index in [1.165, 1.54) is 12.1 Å². The first-order valence-electron chi connectivity index (χ1n) is 3.15. The summed E-state index contributed by atoms with van der Waals surface area (Å²) in [6, 6.07) is 6.11. The van der Waals surface area contributed by atoms with Gasteiger partial charge in [-0.1, -0.05) is 15.9 Å². The van der Waals surface area contributed by atoms with Crippen molar-refractivity contribution in [2.24, 2.45) is 0 Å². The summed E-state index contributed by atoms with van der Waals surface area (Å²) < 4.78 is 22.9. The maximum atomic E-state index is 11.0. The summed E-state index contributed by atoms with van der Waals surface area (Å²) in [5.74, 6) is -0.853. The molecule has 0 spiro atoms. The number of benzene rings is 1. The van der Waals surface area contributed by atoms with Gasteiger partial charge >= 0.3 is 0 Å². The van der Waals surface area contributed by atoms with Crippen molar-refractivity contribution < 1.29 is 13.5 Å². The lowest BCUT2D eigenvalue weighted by molar-refractivity contribution is 0.358. The van der Waals surface area contributed by atoms with Crippen LogP contribution in [0.15, 0.2) is 33.6 Å². The van der Waals surface area contributed by atoms with Crippen molar-refractivity contribution in [2.75, 3.05) is 5.94 Å². The van der Waals surface area contributed by atoms with Crippen molar-refractivity contribution in [1.82, 2.24) is 0 Å². The summed E-state index contributed by atoms with van der Waals surface area (Å²) in [5.41, 5.74) is 0. The topological polar surface area (TPSA) is 54.4 Å². The van der Waals surface area contributed by atoms with Crippen LogP contribution in [0.2, 0.25) is 0 Å². The van der Waals surface area contributed by atoms with Crippen molar-refractivity contribution in [3.05, 3.63) is 28.7 Å². The van der Waals surface area contributed by atoms with Crippen LogP contribution in [0.5, 0.6) is 0 Å². The molecule has 0 aromatic heterocycles. The fourth-order valence-electron chi connectivity index (χ4n) is 0.716. The number of sulfone groups is 1. The fourth-order valence-corrected chi connectivity index (χ4v) is 1.68. The highest BCUT2D eigenvalue weighted by atomic mass is 79.9. The normalized spacial score (nSPS) is 11.5. The lowest BCUT2D eigenvalue weighted by Crippen LogP contribution is -2.05. The second-order valence-corrected chi connectivity index (χ2v) is 5.07. The van der Waals surface area contributed by atoms with E-state index in [1.54, 1.807) is 12.1 Å². The summed E-state index contributed by atoms with van der Waals surface area (Å²) in [4.78, 5) is 0.133. The van der Waals surface area contributed by atoms with Crippen LogP contribution in [0, 0.1) is 0 Å². The van der Waals surface area contributed by atoms with Crippen molar-refractivity contribution in [1.29, 1.82) is 0 Å². The number of rotatable bonds is 2. The standard InChI is InChI=1S/C7H7BrO3S/c8-6-1-3-7(4-2-6)12(10,11)5-9/h1-4,9H,5H2. The predicted octanol–water partition coefficient (Wildman–Crippen LogP) is 1.17. The quantitative estimate of drug-likeness (QED) is 0.858. The Morgan fingerprint density at radius 1 is 1.25 bits per heavy atom. The zero-order chi connectivity index (χ0) is 9.19. The average molecular weight is 251 g/mol. The van der Waals surface area contributed by atoms with Crippen molar-refractivity contribution in [3.8, 4) is 0 Å². The highest BCUT2D eigenvalue weighted by Gasteiger charge is 2.11. The Labute approximate surface area is 79.1 Å². The van der Waals surface area contributed by atoms with Gasteiger partial charge in [0, 0.05) is 4.47 Å². The molecule has 66 valence electrons. The highest BCUT2D eigenvalue weighted by Crippen LogP contribution is 2.14. The molecule has 12 heavy (non-hydrogen) atoms. The molecule has 0 atom stereocenters. The van der Waals surface area contributed by atoms with Crippen LogP contribution < -0.4 is 0 Å². The van der Waals surface area contributed by atoms with Gasteiger partial charge in [-0.2, -0.15) is 0 Å². The van der Waals surface area contributed by atoms with Gasteiger partial charge in [0.05, 0.1) is 4.90 Å². The summed E-state index contributed by atoms with van der Waals surface area (Å²) in [7, 11) is -3.48. The zero-order valence-corrected chi connectivity index (χ0v) is 8.47. The largest absolute Gasteiger partial charge is 0.380 e. The molecule has 5 heteroatoms. The second-order valence-electron chi connectivity index (χ2n) is 2.20. The van der Waals surface area contributed by atoms with Crippen LogP contribution in [0.4, 0.5) is 0 Å². The van der Waals surface area contributed by atoms with Crippen LogP contribution in [0.25, 0.3) is 0 Å². The molecule has 0 bridgehead atoms. The van der Waals surface area contributed by atoms with E-state index in [4.69, 9.17) is 5.11 Å². The molecule has 0 radical (unpaired) electrons. The van der Waals surface area contributed by atoms with Crippen molar-refractivity contribution >= 4 is 25.8 Å². The Hall–Kier alpha value is -0.390. The molecule has 1 N–H and O–H groups in total. The molecular formula is C7H7BrO3S. The lowest BCUT2D eigenvalue weighted by atomic mass is 10.4. The summed E-state index contributed by atoms with van der Waals surface area (Å²) >= 11 is 3.18. The van der Waals surface area contributed by atoms with Crippen molar-refractivity contribution in [3.63, 3.8) is 0 Å². The van der Waals surface area contributed by atoms with E-state index in [0.717, 1.165) is 4.47 Å². The molecule has 0 fully saturated rings. The molecule has 0 saturated heterocycles. The fraction of sp³-hybridized carbons (Fsp3) is 0.143. The minimum atomic E-state index is -3.48. The molecule has 1 aromatic rings. The Kier molecular flexibility index (Phi) is 2.87. The first-order valence-corrected chi connectivity index (χ1v) is 5.60. The third-order valence-electron chi connectivity index (χ3n) is 1.34. The van der Waals surface area contributed by atoms with E-state index in [1.807, 2.05) is 0 Å². The first kappa shape index (κ1) is 9.70. The first-order chi connectivity index (χ1) is 5.56. The summed E-state index contributed by atoms with van der Waals surface area (Å²) in [5, 5.41) is 8.52. The van der Waals surface area contributed by atoms with Gasteiger partial charge in [0.1, 0.15) is 5.94 Å². The molecule has 0 saturated carbocycles. The van der Waals surface area contributed by atoms with Crippen LogP contribution in [-0.2, 0) is 9.84 Å². The predicted molar refractivity (Wildman–Crippen MR) is 48.4 cm³/mol. The van der Waals surface area contributed by atoms with Gasteiger partial charge in [0.2, 0.25) is 9.84 Å². The van der Waals surface area contributed by atoms with Crippen LogP contribution in [0.1, 0.15) is 0 Å². The summed E-state index contributed by atoms with van der Waals surface area (Å²) in [6.07, 6.45) is 0. The molecule has 0 amide bonds. The van der Waals surface area contributed by atoms with E-state index in [9.17, 15) is 8.42 Å². The van der Waals surface area contributed by atoms with Crippen molar-refractivity contribution in [2.45, 2.75) is 4.90 Å². The molecule has 0 aliphatic heterocycles. The molecule has 1 rings (SSSR count). The van der Waals surface area contributed by atoms with E-state index in [2.05, 4.69) is 15.9 Å². The summed E-state index contributed by atoms with van der Waals surface area (Å²) in [6.45, 7) is 0. The lowest BCUT2D eigenvalue weighted by Gasteiger charge is -1.99. The third kappa shape index (κ3) is 2.06. The van der Waals surface area contributed by atoms with Gasteiger partial charge in [-0.3, -0.25) is 0 Å². The van der Waals surface area contributed by atoms with Gasteiger partial charge in [-0.15, -0.1) is 0 Å². The van der Waals surface area contributed by atoms with Crippen LogP contribution in [-0.4, -0.2) is 19.5 Å². The maximum absolute atomic E-state index is 11.0. The van der Waals surface area contributed by atoms with Gasteiger partial charge in [0.25, 0.3) is 0 Å². The number of aliphatic hydroxyl groups is 1. The maximum Gasteiger partial charge on any atom is 0.202 e. The van der Waals surface area contributed by atoms with E-state index in [0.29, 0.717) is 0 Å². The minimum Gasteiger partial charge on any atom is -0.380 e.